The summed E-state index contributed by atoms with van der Waals surface area (Å²) in [6.07, 6.45) is 3.73. The van der Waals surface area contributed by atoms with Gasteiger partial charge in [-0.25, -0.2) is 18.4 Å². The van der Waals surface area contributed by atoms with Gasteiger partial charge < -0.3 is 14.0 Å². The van der Waals surface area contributed by atoms with Crippen LogP contribution in [0.1, 0.15) is 49.1 Å². The largest absolute Gasteiger partial charge is 0.379 e. The molecule has 1 aromatic carbocycles. The molecule has 2 aromatic heterocycles. The van der Waals surface area contributed by atoms with E-state index in [0.717, 1.165) is 24.0 Å². The molecule has 0 N–H and O–H groups in total. The van der Waals surface area contributed by atoms with Crippen molar-refractivity contribution in [3.63, 3.8) is 0 Å². The molecule has 182 valence electrons. The third-order valence-electron chi connectivity index (χ3n) is 6.02. The molecule has 0 spiro atoms. The smallest absolute Gasteiger partial charge is 0.164 e. The molecule has 4 rings (SSSR count). The standard InChI is InChI=1S/C23H28ClN5O4S/c1-15-6-4-7-17(10-15)23-28-27-20(29(23)19-8-5-9-33-13-19)14-34(30,31)16(2)21(32-3)22-25-11-18(24)12-26-22/h4,6-7,10-12,16,19,21H,5,8-9,13-14H2,1-3H3/t16-,19-,21-/m0/s1. The molecule has 0 saturated carbocycles. The first-order valence-electron chi connectivity index (χ1n) is 11.1. The van der Waals surface area contributed by atoms with Crippen LogP contribution in [0.2, 0.25) is 5.02 Å². The average Bonchev–Trinajstić information content (AvgIpc) is 3.24. The van der Waals surface area contributed by atoms with Crippen LogP contribution in [0.4, 0.5) is 0 Å². The normalized spacial score (nSPS) is 18.5. The van der Waals surface area contributed by atoms with Crippen molar-refractivity contribution in [2.24, 2.45) is 0 Å². The lowest BCUT2D eigenvalue weighted by Gasteiger charge is -2.27. The molecule has 0 amide bonds. The van der Waals surface area contributed by atoms with Crippen molar-refractivity contribution in [2.45, 2.75) is 49.8 Å². The van der Waals surface area contributed by atoms with Crippen molar-refractivity contribution < 1.29 is 17.9 Å². The Morgan fingerprint density at radius 2 is 2.03 bits per heavy atom. The van der Waals surface area contributed by atoms with Gasteiger partial charge in [0.1, 0.15) is 17.7 Å². The van der Waals surface area contributed by atoms with E-state index < -0.39 is 21.2 Å². The van der Waals surface area contributed by atoms with Gasteiger partial charge >= 0.3 is 0 Å². The molecule has 1 aliphatic rings. The Morgan fingerprint density at radius 3 is 2.68 bits per heavy atom. The molecular formula is C23H28ClN5O4S. The van der Waals surface area contributed by atoms with Crippen molar-refractivity contribution in [3.8, 4) is 11.4 Å². The van der Waals surface area contributed by atoms with Gasteiger partial charge in [-0.3, -0.25) is 0 Å². The number of hydrogen-bond donors (Lipinski definition) is 0. The van der Waals surface area contributed by atoms with E-state index in [-0.39, 0.29) is 17.6 Å². The molecule has 0 aliphatic carbocycles. The van der Waals surface area contributed by atoms with Crippen molar-refractivity contribution in [1.82, 2.24) is 24.7 Å². The number of aromatic nitrogens is 5. The van der Waals surface area contributed by atoms with E-state index >= 15 is 0 Å². The number of hydrogen-bond acceptors (Lipinski definition) is 8. The SMILES string of the molecule is CO[C@H](c1ncc(Cl)cn1)[C@H](C)S(=O)(=O)Cc1nnc(-c2cccc(C)c2)n1[C@H]1CCCOC1. The van der Waals surface area contributed by atoms with Gasteiger partial charge in [-0.05, 0) is 32.8 Å². The fraction of sp³-hybridized carbons (Fsp3) is 0.478. The highest BCUT2D eigenvalue weighted by Crippen LogP contribution is 2.31. The van der Waals surface area contributed by atoms with Gasteiger partial charge in [0, 0.05) is 31.7 Å². The summed E-state index contributed by atoms with van der Waals surface area (Å²) in [5, 5.41) is 8.16. The molecule has 3 heterocycles. The second-order valence-electron chi connectivity index (χ2n) is 8.48. The van der Waals surface area contributed by atoms with E-state index in [0.29, 0.717) is 29.9 Å². The highest BCUT2D eigenvalue weighted by molar-refractivity contribution is 7.91. The predicted octanol–water partition coefficient (Wildman–Crippen LogP) is 3.74. The van der Waals surface area contributed by atoms with Crippen LogP contribution in [0.15, 0.2) is 36.7 Å². The highest BCUT2D eigenvalue weighted by Gasteiger charge is 2.35. The first-order valence-corrected chi connectivity index (χ1v) is 13.2. The van der Waals surface area contributed by atoms with Crippen molar-refractivity contribution in [2.75, 3.05) is 20.3 Å². The number of rotatable bonds is 8. The number of benzene rings is 1. The molecule has 34 heavy (non-hydrogen) atoms. The summed E-state index contributed by atoms with van der Waals surface area (Å²) in [5.41, 5.74) is 1.97. The van der Waals surface area contributed by atoms with E-state index in [9.17, 15) is 8.42 Å². The number of aryl methyl sites for hydroxylation is 1. The second kappa shape index (κ2) is 10.5. The zero-order valence-corrected chi connectivity index (χ0v) is 21.0. The number of nitrogens with zero attached hydrogens (tertiary/aromatic N) is 5. The molecule has 11 heteroatoms. The number of methoxy groups -OCH3 is 1. The summed E-state index contributed by atoms with van der Waals surface area (Å²) in [4.78, 5) is 8.30. The average molecular weight is 506 g/mol. The summed E-state index contributed by atoms with van der Waals surface area (Å²) in [6.45, 7) is 4.77. The maximum Gasteiger partial charge on any atom is 0.164 e. The van der Waals surface area contributed by atoms with Crippen LogP contribution in [0, 0.1) is 6.92 Å². The maximum absolute atomic E-state index is 13.5. The summed E-state index contributed by atoms with van der Waals surface area (Å²) in [5.74, 6) is 0.981. The lowest BCUT2D eigenvalue weighted by atomic mass is 10.1. The zero-order valence-electron chi connectivity index (χ0n) is 19.4. The minimum atomic E-state index is -3.72. The molecule has 1 fully saturated rings. The van der Waals surface area contributed by atoms with E-state index in [1.807, 2.05) is 35.8 Å². The molecular weight excluding hydrogens is 478 g/mol. The van der Waals surface area contributed by atoms with Crippen LogP contribution in [-0.4, -0.2) is 58.7 Å². The molecule has 1 saturated heterocycles. The van der Waals surface area contributed by atoms with E-state index in [4.69, 9.17) is 21.1 Å². The van der Waals surface area contributed by atoms with Gasteiger partial charge in [0.15, 0.2) is 21.5 Å². The molecule has 0 radical (unpaired) electrons. The summed E-state index contributed by atoms with van der Waals surface area (Å²) < 4.78 is 40.1. The predicted molar refractivity (Wildman–Crippen MR) is 128 cm³/mol. The van der Waals surface area contributed by atoms with Crippen LogP contribution in [0.25, 0.3) is 11.4 Å². The first-order chi connectivity index (χ1) is 16.3. The Balaban J connectivity index is 1.68. The summed E-state index contributed by atoms with van der Waals surface area (Å²) in [7, 11) is -2.29. The minimum Gasteiger partial charge on any atom is -0.379 e. The van der Waals surface area contributed by atoms with Crippen LogP contribution in [0.5, 0.6) is 0 Å². The third-order valence-corrected chi connectivity index (χ3v) is 8.25. The van der Waals surface area contributed by atoms with Gasteiger partial charge in [-0.1, -0.05) is 35.4 Å². The second-order valence-corrected chi connectivity index (χ2v) is 11.3. The Labute approximate surface area is 204 Å². The van der Waals surface area contributed by atoms with Crippen molar-refractivity contribution in [1.29, 1.82) is 0 Å². The third kappa shape index (κ3) is 5.30. The Hall–Kier alpha value is -2.40. The molecule has 0 bridgehead atoms. The summed E-state index contributed by atoms with van der Waals surface area (Å²) >= 11 is 5.88. The van der Waals surface area contributed by atoms with E-state index in [1.54, 1.807) is 6.92 Å². The number of halogens is 1. The van der Waals surface area contributed by atoms with Gasteiger partial charge in [0.05, 0.1) is 22.9 Å². The van der Waals surface area contributed by atoms with Crippen LogP contribution in [-0.2, 0) is 25.1 Å². The lowest BCUT2D eigenvalue weighted by Crippen LogP contribution is -2.31. The number of sulfone groups is 1. The first kappa shape index (κ1) is 24.7. The summed E-state index contributed by atoms with van der Waals surface area (Å²) in [6, 6.07) is 7.89. The quantitative estimate of drug-likeness (QED) is 0.455. The van der Waals surface area contributed by atoms with Crippen LogP contribution in [0.3, 0.4) is 0 Å². The fourth-order valence-electron chi connectivity index (χ4n) is 4.19. The Kier molecular flexibility index (Phi) is 7.61. The van der Waals surface area contributed by atoms with Gasteiger partial charge in [0.2, 0.25) is 0 Å². The highest BCUT2D eigenvalue weighted by atomic mass is 35.5. The Morgan fingerprint density at radius 1 is 1.26 bits per heavy atom. The topological polar surface area (TPSA) is 109 Å². The minimum absolute atomic E-state index is 0.0439. The van der Waals surface area contributed by atoms with Crippen molar-refractivity contribution >= 4 is 21.4 Å². The van der Waals surface area contributed by atoms with E-state index in [2.05, 4.69) is 20.2 Å². The fourth-order valence-corrected chi connectivity index (χ4v) is 5.72. The molecule has 3 aromatic rings. The molecule has 3 atom stereocenters. The molecule has 1 aliphatic heterocycles. The number of ether oxygens (including phenoxy) is 2. The van der Waals surface area contributed by atoms with Crippen molar-refractivity contribution in [3.05, 3.63) is 58.9 Å². The van der Waals surface area contributed by atoms with Gasteiger partial charge in [-0.15, -0.1) is 10.2 Å². The zero-order chi connectivity index (χ0) is 24.3. The Bertz CT molecular complexity index is 1230. The van der Waals surface area contributed by atoms with Crippen LogP contribution >= 0.6 is 11.6 Å². The van der Waals surface area contributed by atoms with Gasteiger partial charge in [0.25, 0.3) is 0 Å². The lowest BCUT2D eigenvalue weighted by molar-refractivity contribution is 0.0588. The monoisotopic (exact) mass is 505 g/mol. The maximum atomic E-state index is 13.5. The van der Waals surface area contributed by atoms with Crippen LogP contribution < -0.4 is 0 Å². The molecule has 0 unspecified atom stereocenters. The molecule has 9 nitrogen and oxygen atoms in total. The van der Waals surface area contributed by atoms with E-state index in [1.165, 1.54) is 19.5 Å². The van der Waals surface area contributed by atoms with Gasteiger partial charge in [-0.2, -0.15) is 0 Å².